The zero-order chi connectivity index (χ0) is 19.1. The molecular weight excluding hydrogens is 344 g/mol. The molecule has 0 unspecified atom stereocenters. The Labute approximate surface area is 168 Å². The SMILES string of the molecule is CCCCCNC(=O)c1cc(C2C3CC4CC(C3)CC2C4)c2ccccc2n1. The highest BCUT2D eigenvalue weighted by atomic mass is 16.1. The molecule has 6 rings (SSSR count). The van der Waals surface area contributed by atoms with Gasteiger partial charge in [0, 0.05) is 11.9 Å². The van der Waals surface area contributed by atoms with Crippen LogP contribution < -0.4 is 5.32 Å². The molecule has 1 aromatic carbocycles. The summed E-state index contributed by atoms with van der Waals surface area (Å²) in [7, 11) is 0. The number of hydrogen-bond acceptors (Lipinski definition) is 2. The molecule has 28 heavy (non-hydrogen) atoms. The molecule has 0 radical (unpaired) electrons. The maximum Gasteiger partial charge on any atom is 0.269 e. The molecule has 4 saturated carbocycles. The Bertz CT molecular complexity index is 846. The molecule has 1 N–H and O–H groups in total. The van der Waals surface area contributed by atoms with Crippen LogP contribution in [0.1, 0.15) is 80.3 Å². The quantitative estimate of drug-likeness (QED) is 0.658. The summed E-state index contributed by atoms with van der Waals surface area (Å²) in [5.41, 5.74) is 2.99. The molecule has 4 fully saturated rings. The van der Waals surface area contributed by atoms with Crippen LogP contribution in [0.5, 0.6) is 0 Å². The number of unbranched alkanes of at least 4 members (excludes halogenated alkanes) is 2. The van der Waals surface area contributed by atoms with Gasteiger partial charge in [-0.2, -0.15) is 0 Å². The molecule has 0 atom stereocenters. The Morgan fingerprint density at radius 1 is 1.04 bits per heavy atom. The second-order valence-corrected chi connectivity index (χ2v) is 9.53. The van der Waals surface area contributed by atoms with E-state index >= 15 is 0 Å². The zero-order valence-corrected chi connectivity index (χ0v) is 17.0. The van der Waals surface area contributed by atoms with E-state index in [0.29, 0.717) is 11.6 Å². The van der Waals surface area contributed by atoms with Crippen LogP contribution >= 0.6 is 0 Å². The minimum Gasteiger partial charge on any atom is -0.351 e. The van der Waals surface area contributed by atoms with Crippen LogP contribution in [0, 0.1) is 23.7 Å². The van der Waals surface area contributed by atoms with E-state index in [4.69, 9.17) is 4.98 Å². The third-order valence-electron chi connectivity index (χ3n) is 7.63. The van der Waals surface area contributed by atoms with Crippen molar-refractivity contribution in [1.82, 2.24) is 10.3 Å². The fourth-order valence-corrected chi connectivity index (χ4v) is 6.69. The molecule has 4 aliphatic carbocycles. The van der Waals surface area contributed by atoms with Crippen LogP contribution in [0.4, 0.5) is 0 Å². The molecule has 148 valence electrons. The van der Waals surface area contributed by atoms with E-state index in [1.54, 1.807) is 0 Å². The number of hydrogen-bond donors (Lipinski definition) is 1. The first-order chi connectivity index (χ1) is 13.7. The summed E-state index contributed by atoms with van der Waals surface area (Å²) in [5.74, 6) is 4.16. The lowest BCUT2D eigenvalue weighted by Crippen LogP contribution is -2.43. The zero-order valence-electron chi connectivity index (χ0n) is 17.0. The molecule has 4 bridgehead atoms. The van der Waals surface area contributed by atoms with Crippen LogP contribution in [0.2, 0.25) is 0 Å². The molecular formula is C25H32N2O. The van der Waals surface area contributed by atoms with Crippen molar-refractivity contribution in [2.45, 2.75) is 64.2 Å². The minimum absolute atomic E-state index is 0.00748. The van der Waals surface area contributed by atoms with Gasteiger partial charge in [-0.1, -0.05) is 38.0 Å². The van der Waals surface area contributed by atoms with Gasteiger partial charge in [-0.3, -0.25) is 4.79 Å². The van der Waals surface area contributed by atoms with Crippen LogP contribution in [-0.2, 0) is 0 Å². The number of nitrogens with one attached hydrogen (secondary N) is 1. The average Bonchev–Trinajstić information content (AvgIpc) is 2.70. The van der Waals surface area contributed by atoms with Gasteiger partial charge >= 0.3 is 0 Å². The first kappa shape index (κ1) is 18.1. The fraction of sp³-hybridized carbons (Fsp3) is 0.600. The van der Waals surface area contributed by atoms with E-state index in [2.05, 4.69) is 36.5 Å². The van der Waals surface area contributed by atoms with Crippen LogP contribution in [-0.4, -0.2) is 17.4 Å². The Kier molecular flexibility index (Phi) is 4.86. The van der Waals surface area contributed by atoms with Crippen molar-refractivity contribution in [3.8, 4) is 0 Å². The molecule has 0 spiro atoms. The molecule has 1 heterocycles. The van der Waals surface area contributed by atoms with E-state index in [-0.39, 0.29) is 5.91 Å². The molecule has 2 aromatic rings. The highest BCUT2D eigenvalue weighted by Crippen LogP contribution is 2.60. The van der Waals surface area contributed by atoms with Gasteiger partial charge in [0.1, 0.15) is 5.69 Å². The van der Waals surface area contributed by atoms with Crippen molar-refractivity contribution in [2.75, 3.05) is 6.54 Å². The molecule has 1 aromatic heterocycles. The predicted octanol–water partition coefficient (Wildman–Crippen LogP) is 5.69. The Balaban J connectivity index is 1.48. The molecule has 0 saturated heterocycles. The third-order valence-corrected chi connectivity index (χ3v) is 7.63. The second kappa shape index (κ2) is 7.50. The first-order valence-electron chi connectivity index (χ1n) is 11.4. The standard InChI is InChI=1S/C25H32N2O/c1-2-3-6-9-26-25(28)23-15-21(20-7-4-5-8-22(20)27-23)24-18-11-16-10-17(13-18)14-19(24)12-16/h4-5,7-8,15-19,24H,2-3,6,9-14H2,1H3,(H,26,28). The number of fused-ring (bicyclic) bond motifs is 1. The van der Waals surface area contributed by atoms with Gasteiger partial charge in [0.15, 0.2) is 0 Å². The first-order valence-corrected chi connectivity index (χ1v) is 11.4. The number of aromatic nitrogens is 1. The summed E-state index contributed by atoms with van der Waals surface area (Å²) < 4.78 is 0. The number of para-hydroxylation sites is 1. The summed E-state index contributed by atoms with van der Waals surface area (Å²) in [5, 5.41) is 4.36. The van der Waals surface area contributed by atoms with E-state index in [1.807, 2.05) is 6.07 Å². The van der Waals surface area contributed by atoms with Gasteiger partial charge in [0.25, 0.3) is 5.91 Å². The van der Waals surface area contributed by atoms with Gasteiger partial charge in [-0.15, -0.1) is 0 Å². The third kappa shape index (κ3) is 3.23. The summed E-state index contributed by atoms with van der Waals surface area (Å²) >= 11 is 0. The topological polar surface area (TPSA) is 42.0 Å². The Hall–Kier alpha value is -1.90. The minimum atomic E-state index is -0.00748. The lowest BCUT2D eigenvalue weighted by atomic mass is 9.50. The number of amides is 1. The maximum atomic E-state index is 12.8. The van der Waals surface area contributed by atoms with Crippen molar-refractivity contribution in [3.05, 3.63) is 41.6 Å². The van der Waals surface area contributed by atoms with Crippen LogP contribution in [0.3, 0.4) is 0 Å². The number of nitrogens with zero attached hydrogens (tertiary/aromatic N) is 1. The van der Waals surface area contributed by atoms with Gasteiger partial charge in [0.05, 0.1) is 5.52 Å². The fourth-order valence-electron chi connectivity index (χ4n) is 6.69. The second-order valence-electron chi connectivity index (χ2n) is 9.53. The van der Waals surface area contributed by atoms with Gasteiger partial charge in [-0.25, -0.2) is 4.98 Å². The van der Waals surface area contributed by atoms with Crippen molar-refractivity contribution in [3.63, 3.8) is 0 Å². The summed E-state index contributed by atoms with van der Waals surface area (Å²) in [6, 6.07) is 10.6. The van der Waals surface area contributed by atoms with Gasteiger partial charge < -0.3 is 5.32 Å². The molecule has 0 aliphatic heterocycles. The lowest BCUT2D eigenvalue weighted by molar-refractivity contribution is -0.00234. The number of pyridine rings is 1. The van der Waals surface area contributed by atoms with Gasteiger partial charge in [0.2, 0.25) is 0 Å². The number of rotatable bonds is 6. The van der Waals surface area contributed by atoms with Crippen LogP contribution in [0.15, 0.2) is 30.3 Å². The van der Waals surface area contributed by atoms with E-state index in [9.17, 15) is 4.79 Å². The summed E-state index contributed by atoms with van der Waals surface area (Å²) in [6.45, 7) is 2.93. The van der Waals surface area contributed by atoms with E-state index < -0.39 is 0 Å². The van der Waals surface area contributed by atoms with Crippen LogP contribution in [0.25, 0.3) is 10.9 Å². The average molecular weight is 377 g/mol. The Morgan fingerprint density at radius 2 is 1.75 bits per heavy atom. The van der Waals surface area contributed by atoms with Crippen molar-refractivity contribution in [2.24, 2.45) is 23.7 Å². The molecule has 4 aliphatic rings. The Morgan fingerprint density at radius 3 is 2.46 bits per heavy atom. The molecule has 1 amide bonds. The van der Waals surface area contributed by atoms with Gasteiger partial charge in [-0.05, 0) is 85.8 Å². The predicted molar refractivity (Wildman–Crippen MR) is 113 cm³/mol. The maximum absolute atomic E-state index is 12.8. The van der Waals surface area contributed by atoms with Crippen molar-refractivity contribution < 1.29 is 4.79 Å². The molecule has 3 nitrogen and oxygen atoms in total. The monoisotopic (exact) mass is 376 g/mol. The number of carbonyl (C=O) groups excluding carboxylic acids is 1. The summed E-state index contributed by atoms with van der Waals surface area (Å²) in [4.78, 5) is 17.6. The number of benzene rings is 1. The highest BCUT2D eigenvalue weighted by molar-refractivity contribution is 5.96. The van der Waals surface area contributed by atoms with E-state index in [1.165, 1.54) is 49.5 Å². The highest BCUT2D eigenvalue weighted by Gasteiger charge is 2.49. The normalized spacial score (nSPS) is 30.7. The lowest BCUT2D eigenvalue weighted by Gasteiger charge is -2.54. The largest absolute Gasteiger partial charge is 0.351 e. The van der Waals surface area contributed by atoms with E-state index in [0.717, 1.165) is 48.6 Å². The number of carbonyl (C=O) groups is 1. The van der Waals surface area contributed by atoms with Crippen molar-refractivity contribution in [1.29, 1.82) is 0 Å². The summed E-state index contributed by atoms with van der Waals surface area (Å²) in [6.07, 6.45) is 10.4. The van der Waals surface area contributed by atoms with Crippen molar-refractivity contribution >= 4 is 16.8 Å². The molecule has 3 heteroatoms. The smallest absolute Gasteiger partial charge is 0.269 e.